The van der Waals surface area contributed by atoms with Crippen LogP contribution in [0.5, 0.6) is 5.75 Å². The normalized spacial score (nSPS) is 13.3. The number of rotatable bonds is 8. The smallest absolute Gasteiger partial charge is 0.254 e. The number of hydrogen-bond acceptors (Lipinski definition) is 5. The minimum Gasteiger partial charge on any atom is -0.489 e. The summed E-state index contributed by atoms with van der Waals surface area (Å²) in [5, 5.41) is 5.93. The lowest BCUT2D eigenvalue weighted by atomic mass is 10.1. The monoisotopic (exact) mass is 445 g/mol. The van der Waals surface area contributed by atoms with Crippen molar-refractivity contribution < 1.29 is 19.1 Å². The molecule has 4 rings (SSSR count). The number of carbonyl (C=O) groups excluding carboxylic acids is 2. The van der Waals surface area contributed by atoms with Gasteiger partial charge in [-0.1, -0.05) is 30.3 Å². The van der Waals surface area contributed by atoms with Crippen molar-refractivity contribution in [2.24, 2.45) is 0 Å². The predicted octanol–water partition coefficient (Wildman–Crippen LogP) is 3.79. The molecular formula is C26H27N3O4. The highest BCUT2D eigenvalue weighted by Gasteiger charge is 2.18. The highest BCUT2D eigenvalue weighted by Crippen LogP contribution is 2.17. The fourth-order valence-corrected chi connectivity index (χ4v) is 3.44. The molecule has 1 fully saturated rings. The van der Waals surface area contributed by atoms with Gasteiger partial charge in [0.05, 0.1) is 19.8 Å². The Hall–Kier alpha value is -3.84. The van der Waals surface area contributed by atoms with Crippen LogP contribution in [0.1, 0.15) is 15.9 Å². The number of carbonyl (C=O) groups is 2. The maximum absolute atomic E-state index is 12.5. The molecule has 0 aromatic heterocycles. The van der Waals surface area contributed by atoms with Crippen molar-refractivity contribution in [3.05, 3.63) is 90.0 Å². The van der Waals surface area contributed by atoms with Gasteiger partial charge in [-0.25, -0.2) is 0 Å². The van der Waals surface area contributed by atoms with Gasteiger partial charge in [0, 0.05) is 30.0 Å². The van der Waals surface area contributed by atoms with E-state index in [0.717, 1.165) is 17.0 Å². The van der Waals surface area contributed by atoms with Crippen molar-refractivity contribution in [2.75, 3.05) is 43.5 Å². The van der Waals surface area contributed by atoms with E-state index in [4.69, 9.17) is 9.47 Å². The lowest BCUT2D eigenvalue weighted by molar-refractivity contribution is -0.114. The van der Waals surface area contributed by atoms with Crippen molar-refractivity contribution in [3.8, 4) is 5.75 Å². The summed E-state index contributed by atoms with van der Waals surface area (Å²) in [6.07, 6.45) is 0. The molecule has 3 aromatic rings. The summed E-state index contributed by atoms with van der Waals surface area (Å²) in [5.74, 6) is 0.571. The first-order valence-corrected chi connectivity index (χ1v) is 10.9. The molecule has 3 aromatic carbocycles. The van der Waals surface area contributed by atoms with Crippen LogP contribution < -0.4 is 15.4 Å². The number of hydrogen-bond donors (Lipinski definition) is 2. The Morgan fingerprint density at radius 3 is 2.21 bits per heavy atom. The predicted molar refractivity (Wildman–Crippen MR) is 127 cm³/mol. The Balaban J connectivity index is 1.21. The minimum absolute atomic E-state index is 0.00112. The topological polar surface area (TPSA) is 79.9 Å². The summed E-state index contributed by atoms with van der Waals surface area (Å²) in [4.78, 5) is 26.6. The molecule has 2 amide bonds. The number of amides is 2. The molecule has 33 heavy (non-hydrogen) atoms. The molecule has 0 atom stereocenters. The molecular weight excluding hydrogens is 418 g/mol. The van der Waals surface area contributed by atoms with Crippen molar-refractivity contribution >= 4 is 23.2 Å². The first-order valence-electron chi connectivity index (χ1n) is 10.9. The van der Waals surface area contributed by atoms with E-state index in [1.807, 2.05) is 54.6 Å². The van der Waals surface area contributed by atoms with Crippen LogP contribution in [-0.4, -0.2) is 49.6 Å². The fourth-order valence-electron chi connectivity index (χ4n) is 3.44. The lowest BCUT2D eigenvalue weighted by Crippen LogP contribution is -2.40. The fraction of sp³-hybridized carbons (Fsp3) is 0.231. The van der Waals surface area contributed by atoms with E-state index in [1.165, 1.54) is 0 Å². The van der Waals surface area contributed by atoms with Crippen molar-refractivity contribution in [3.63, 3.8) is 0 Å². The van der Waals surface area contributed by atoms with Crippen LogP contribution in [0.2, 0.25) is 0 Å². The first-order chi connectivity index (χ1) is 16.2. The number of nitrogens with zero attached hydrogens (tertiary/aromatic N) is 1. The van der Waals surface area contributed by atoms with Crippen molar-refractivity contribution in [1.29, 1.82) is 0 Å². The molecule has 0 radical (unpaired) electrons. The van der Waals surface area contributed by atoms with Crippen molar-refractivity contribution in [2.45, 2.75) is 6.61 Å². The van der Waals surface area contributed by atoms with Gasteiger partial charge < -0.3 is 25.0 Å². The number of benzene rings is 3. The zero-order chi connectivity index (χ0) is 22.9. The Morgan fingerprint density at radius 2 is 1.52 bits per heavy atom. The van der Waals surface area contributed by atoms with Gasteiger partial charge in [-0.05, 0) is 54.1 Å². The summed E-state index contributed by atoms with van der Waals surface area (Å²) >= 11 is 0. The van der Waals surface area contributed by atoms with E-state index in [9.17, 15) is 9.59 Å². The molecule has 0 spiro atoms. The average Bonchev–Trinajstić information content (AvgIpc) is 2.88. The molecule has 1 aliphatic heterocycles. The zero-order valence-electron chi connectivity index (χ0n) is 18.3. The van der Waals surface area contributed by atoms with E-state index < -0.39 is 0 Å². The van der Waals surface area contributed by atoms with Crippen LogP contribution in [0, 0.1) is 0 Å². The summed E-state index contributed by atoms with van der Waals surface area (Å²) in [6.45, 7) is 2.97. The van der Waals surface area contributed by atoms with Gasteiger partial charge in [-0.2, -0.15) is 0 Å². The largest absolute Gasteiger partial charge is 0.489 e. The van der Waals surface area contributed by atoms with E-state index in [-0.39, 0.29) is 18.4 Å². The standard InChI is InChI=1S/C26H27N3O4/c30-25(28-23-10-12-24(13-11-23)33-19-20-4-2-1-3-5-20)18-27-22-8-6-21(7-9-22)26(31)29-14-16-32-17-15-29/h1-13,27H,14-19H2,(H,28,30). The maximum Gasteiger partial charge on any atom is 0.254 e. The van der Waals surface area contributed by atoms with Crippen LogP contribution in [-0.2, 0) is 16.1 Å². The second-order valence-electron chi connectivity index (χ2n) is 7.68. The van der Waals surface area contributed by atoms with Gasteiger partial charge >= 0.3 is 0 Å². The molecule has 7 heteroatoms. The first kappa shape index (κ1) is 22.4. The van der Waals surface area contributed by atoms with E-state index >= 15 is 0 Å². The van der Waals surface area contributed by atoms with Crippen LogP contribution in [0.3, 0.4) is 0 Å². The van der Waals surface area contributed by atoms with Gasteiger partial charge in [-0.3, -0.25) is 9.59 Å². The van der Waals surface area contributed by atoms with Gasteiger partial charge in [0.15, 0.2) is 0 Å². The highest BCUT2D eigenvalue weighted by atomic mass is 16.5. The molecule has 0 aliphatic carbocycles. The molecule has 1 aliphatic rings. The van der Waals surface area contributed by atoms with E-state index in [0.29, 0.717) is 44.2 Å². The third-order valence-corrected chi connectivity index (χ3v) is 5.27. The second-order valence-corrected chi connectivity index (χ2v) is 7.68. The van der Waals surface area contributed by atoms with Gasteiger partial charge in [0.25, 0.3) is 5.91 Å². The van der Waals surface area contributed by atoms with Crippen LogP contribution in [0.4, 0.5) is 11.4 Å². The Morgan fingerprint density at radius 1 is 0.848 bits per heavy atom. The number of morpholine rings is 1. The molecule has 0 bridgehead atoms. The van der Waals surface area contributed by atoms with Crippen LogP contribution in [0.25, 0.3) is 0 Å². The zero-order valence-corrected chi connectivity index (χ0v) is 18.3. The number of nitrogens with one attached hydrogen (secondary N) is 2. The van der Waals surface area contributed by atoms with Gasteiger partial charge in [0.2, 0.25) is 5.91 Å². The lowest BCUT2D eigenvalue weighted by Gasteiger charge is -2.26. The molecule has 170 valence electrons. The summed E-state index contributed by atoms with van der Waals surface area (Å²) < 4.78 is 11.1. The summed E-state index contributed by atoms with van der Waals surface area (Å²) in [5.41, 5.74) is 3.19. The van der Waals surface area contributed by atoms with Crippen LogP contribution >= 0.6 is 0 Å². The highest BCUT2D eigenvalue weighted by molar-refractivity contribution is 5.95. The minimum atomic E-state index is -0.165. The van der Waals surface area contributed by atoms with E-state index in [1.54, 1.807) is 29.2 Å². The van der Waals surface area contributed by atoms with Gasteiger partial charge in [-0.15, -0.1) is 0 Å². The van der Waals surface area contributed by atoms with Crippen LogP contribution in [0.15, 0.2) is 78.9 Å². The molecule has 2 N–H and O–H groups in total. The quantitative estimate of drug-likeness (QED) is 0.552. The second kappa shape index (κ2) is 11.2. The maximum atomic E-state index is 12.5. The third kappa shape index (κ3) is 6.57. The average molecular weight is 446 g/mol. The van der Waals surface area contributed by atoms with Gasteiger partial charge in [0.1, 0.15) is 12.4 Å². The molecule has 7 nitrogen and oxygen atoms in total. The Kier molecular flexibility index (Phi) is 7.56. The van der Waals surface area contributed by atoms with Crippen molar-refractivity contribution in [1.82, 2.24) is 4.90 Å². The molecule has 1 heterocycles. The summed E-state index contributed by atoms with van der Waals surface area (Å²) in [6, 6.07) is 24.4. The number of anilines is 2. The SMILES string of the molecule is O=C(CNc1ccc(C(=O)N2CCOCC2)cc1)Nc1ccc(OCc2ccccc2)cc1. The Bertz CT molecular complexity index is 1050. The Labute approximate surface area is 193 Å². The molecule has 1 saturated heterocycles. The number of ether oxygens (including phenoxy) is 2. The summed E-state index contributed by atoms with van der Waals surface area (Å²) in [7, 11) is 0. The molecule has 0 unspecified atom stereocenters. The molecule has 0 saturated carbocycles. The van der Waals surface area contributed by atoms with E-state index in [2.05, 4.69) is 10.6 Å². The third-order valence-electron chi connectivity index (χ3n) is 5.27.